The van der Waals surface area contributed by atoms with Gasteiger partial charge in [-0.25, -0.2) is 4.98 Å². The molecule has 3 aromatic rings. The normalized spacial score (nSPS) is 21.6. The Bertz CT molecular complexity index is 1130. The number of amides is 1. The van der Waals surface area contributed by atoms with Crippen molar-refractivity contribution in [2.75, 3.05) is 39.8 Å². The second-order valence-corrected chi connectivity index (χ2v) is 9.66. The van der Waals surface area contributed by atoms with E-state index in [2.05, 4.69) is 56.9 Å². The highest BCUT2D eigenvalue weighted by atomic mass is 16.5. The summed E-state index contributed by atoms with van der Waals surface area (Å²) in [6.07, 6.45) is 2.03. The van der Waals surface area contributed by atoms with Gasteiger partial charge in [0.15, 0.2) is 0 Å². The van der Waals surface area contributed by atoms with Crippen molar-refractivity contribution < 1.29 is 9.53 Å². The second-order valence-electron chi connectivity index (χ2n) is 9.66. The molecule has 2 atom stereocenters. The van der Waals surface area contributed by atoms with Gasteiger partial charge in [-0.05, 0) is 56.1 Å². The SMILES string of the molecule is COc1ccc(Cn2c(CN3CCC[C@H](C(=O)N4CCN[C@H](C)C4)C3)nc3ccccc32)cc1. The Kier molecular flexibility index (Phi) is 6.83. The van der Waals surface area contributed by atoms with E-state index in [4.69, 9.17) is 9.72 Å². The summed E-state index contributed by atoms with van der Waals surface area (Å²) in [5, 5.41) is 3.43. The molecule has 0 unspecified atom stereocenters. The molecule has 2 fully saturated rings. The maximum absolute atomic E-state index is 13.2. The summed E-state index contributed by atoms with van der Waals surface area (Å²) >= 11 is 0. The monoisotopic (exact) mass is 461 g/mol. The smallest absolute Gasteiger partial charge is 0.227 e. The van der Waals surface area contributed by atoms with E-state index in [-0.39, 0.29) is 5.92 Å². The third-order valence-electron chi connectivity index (χ3n) is 7.13. The van der Waals surface area contributed by atoms with Crippen LogP contribution in [0.1, 0.15) is 31.2 Å². The highest BCUT2D eigenvalue weighted by Crippen LogP contribution is 2.24. The van der Waals surface area contributed by atoms with Crippen LogP contribution in [0, 0.1) is 5.92 Å². The van der Waals surface area contributed by atoms with Crippen molar-refractivity contribution in [1.29, 1.82) is 0 Å². The number of fused-ring (bicyclic) bond motifs is 1. The molecule has 7 heteroatoms. The molecule has 0 aliphatic carbocycles. The molecule has 1 N–H and O–H groups in total. The number of benzene rings is 2. The minimum Gasteiger partial charge on any atom is -0.497 e. The van der Waals surface area contributed by atoms with Crippen LogP contribution in [0.2, 0.25) is 0 Å². The lowest BCUT2D eigenvalue weighted by atomic mass is 9.96. The number of ether oxygens (including phenoxy) is 1. The molecule has 7 nitrogen and oxygen atoms in total. The summed E-state index contributed by atoms with van der Waals surface area (Å²) in [6.45, 7) is 8.00. The third kappa shape index (κ3) is 4.95. The number of piperazine rings is 1. The molecule has 3 heterocycles. The molecule has 0 spiro atoms. The average Bonchev–Trinajstić information content (AvgIpc) is 3.21. The van der Waals surface area contributed by atoms with E-state index < -0.39 is 0 Å². The number of imidazole rings is 1. The number of hydrogen-bond acceptors (Lipinski definition) is 5. The van der Waals surface area contributed by atoms with Gasteiger partial charge < -0.3 is 19.5 Å². The maximum atomic E-state index is 13.2. The molecular weight excluding hydrogens is 426 g/mol. The molecule has 0 saturated carbocycles. The van der Waals surface area contributed by atoms with E-state index in [9.17, 15) is 4.79 Å². The standard InChI is InChI=1S/C27H35N5O2/c1-20-16-31(15-13-28-20)27(33)22-6-5-14-30(18-22)19-26-29-24-7-3-4-8-25(24)32(26)17-21-9-11-23(34-2)12-10-21/h3-4,7-12,20,22,28H,5-6,13-19H2,1-2H3/t20-,22+/m1/s1. The number of para-hydroxylation sites is 2. The summed E-state index contributed by atoms with van der Waals surface area (Å²) in [5.74, 6) is 2.33. The van der Waals surface area contributed by atoms with Crippen LogP contribution in [0.3, 0.4) is 0 Å². The minimum absolute atomic E-state index is 0.0819. The fourth-order valence-electron chi connectivity index (χ4n) is 5.33. The van der Waals surface area contributed by atoms with Crippen molar-refractivity contribution in [2.45, 2.75) is 38.9 Å². The molecule has 0 bridgehead atoms. The number of piperidine rings is 1. The molecule has 180 valence electrons. The predicted octanol–water partition coefficient (Wildman–Crippen LogP) is 3.13. The Morgan fingerprint density at radius 1 is 1.09 bits per heavy atom. The van der Waals surface area contributed by atoms with Crippen molar-refractivity contribution in [3.8, 4) is 5.75 Å². The van der Waals surface area contributed by atoms with Crippen LogP contribution < -0.4 is 10.1 Å². The Labute approximate surface area is 201 Å². The lowest BCUT2D eigenvalue weighted by molar-refractivity contribution is -0.138. The number of carbonyl (C=O) groups is 1. The number of methoxy groups -OCH3 is 1. The van der Waals surface area contributed by atoms with E-state index in [1.54, 1.807) is 7.11 Å². The maximum Gasteiger partial charge on any atom is 0.227 e. The Morgan fingerprint density at radius 3 is 2.71 bits per heavy atom. The van der Waals surface area contributed by atoms with E-state index >= 15 is 0 Å². The molecule has 2 saturated heterocycles. The van der Waals surface area contributed by atoms with Crippen LogP contribution in [0.15, 0.2) is 48.5 Å². The van der Waals surface area contributed by atoms with Gasteiger partial charge in [0.25, 0.3) is 0 Å². The molecule has 0 radical (unpaired) electrons. The van der Waals surface area contributed by atoms with Gasteiger partial charge in [0.2, 0.25) is 5.91 Å². The summed E-state index contributed by atoms with van der Waals surface area (Å²) in [7, 11) is 1.69. The molecule has 34 heavy (non-hydrogen) atoms. The van der Waals surface area contributed by atoms with E-state index in [1.807, 2.05) is 18.2 Å². The Morgan fingerprint density at radius 2 is 1.91 bits per heavy atom. The van der Waals surface area contributed by atoms with Gasteiger partial charge in [-0.1, -0.05) is 24.3 Å². The zero-order chi connectivity index (χ0) is 23.5. The van der Waals surface area contributed by atoms with Crippen molar-refractivity contribution in [3.63, 3.8) is 0 Å². The molecule has 1 aromatic heterocycles. The van der Waals surface area contributed by atoms with Gasteiger partial charge in [-0.2, -0.15) is 0 Å². The van der Waals surface area contributed by atoms with Gasteiger partial charge in [0.05, 0.1) is 30.6 Å². The van der Waals surface area contributed by atoms with Gasteiger partial charge in [-0.3, -0.25) is 9.69 Å². The molecular formula is C27H35N5O2. The zero-order valence-electron chi connectivity index (χ0n) is 20.2. The number of carbonyl (C=O) groups excluding carboxylic acids is 1. The number of likely N-dealkylation sites (tertiary alicyclic amines) is 1. The molecule has 1 amide bonds. The highest BCUT2D eigenvalue weighted by molar-refractivity contribution is 5.79. The number of nitrogens with zero attached hydrogens (tertiary/aromatic N) is 4. The fraction of sp³-hybridized carbons (Fsp3) is 0.481. The summed E-state index contributed by atoms with van der Waals surface area (Å²) in [5.41, 5.74) is 3.38. The van der Waals surface area contributed by atoms with Gasteiger partial charge in [-0.15, -0.1) is 0 Å². The number of hydrogen-bond donors (Lipinski definition) is 1. The van der Waals surface area contributed by atoms with Gasteiger partial charge in [0.1, 0.15) is 11.6 Å². The Hall–Kier alpha value is -2.90. The van der Waals surface area contributed by atoms with Crippen molar-refractivity contribution in [1.82, 2.24) is 24.7 Å². The second kappa shape index (κ2) is 10.2. The van der Waals surface area contributed by atoms with Gasteiger partial charge in [0, 0.05) is 38.8 Å². The number of aromatic nitrogens is 2. The van der Waals surface area contributed by atoms with Crippen LogP contribution in [0.25, 0.3) is 11.0 Å². The lowest BCUT2D eigenvalue weighted by Gasteiger charge is -2.38. The number of nitrogens with one attached hydrogen (secondary N) is 1. The van der Waals surface area contributed by atoms with Crippen LogP contribution >= 0.6 is 0 Å². The quantitative estimate of drug-likeness (QED) is 0.611. The van der Waals surface area contributed by atoms with E-state index in [0.29, 0.717) is 11.9 Å². The van der Waals surface area contributed by atoms with Crippen molar-refractivity contribution in [3.05, 3.63) is 59.9 Å². The lowest BCUT2D eigenvalue weighted by Crippen LogP contribution is -2.54. The van der Waals surface area contributed by atoms with Crippen molar-refractivity contribution in [2.24, 2.45) is 5.92 Å². The van der Waals surface area contributed by atoms with Crippen LogP contribution in [0.5, 0.6) is 5.75 Å². The average molecular weight is 462 g/mol. The summed E-state index contributed by atoms with van der Waals surface area (Å²) in [6, 6.07) is 16.9. The Balaban J connectivity index is 1.33. The largest absolute Gasteiger partial charge is 0.497 e. The first-order valence-corrected chi connectivity index (χ1v) is 12.4. The van der Waals surface area contributed by atoms with Crippen LogP contribution in [-0.2, 0) is 17.9 Å². The number of rotatable bonds is 6. The fourth-order valence-corrected chi connectivity index (χ4v) is 5.33. The highest BCUT2D eigenvalue weighted by Gasteiger charge is 2.31. The summed E-state index contributed by atoms with van der Waals surface area (Å²) < 4.78 is 7.64. The minimum atomic E-state index is 0.0819. The van der Waals surface area contributed by atoms with Crippen LogP contribution in [0.4, 0.5) is 0 Å². The van der Waals surface area contributed by atoms with Gasteiger partial charge >= 0.3 is 0 Å². The molecule has 2 aliphatic rings. The first kappa shape index (κ1) is 22.9. The topological polar surface area (TPSA) is 62.6 Å². The first-order valence-electron chi connectivity index (χ1n) is 12.4. The molecule has 2 aliphatic heterocycles. The summed E-state index contributed by atoms with van der Waals surface area (Å²) in [4.78, 5) is 22.7. The third-order valence-corrected chi connectivity index (χ3v) is 7.13. The molecule has 2 aromatic carbocycles. The zero-order valence-corrected chi connectivity index (χ0v) is 20.2. The van der Waals surface area contributed by atoms with E-state index in [0.717, 1.165) is 81.3 Å². The molecule has 5 rings (SSSR count). The van der Waals surface area contributed by atoms with Crippen LogP contribution in [-0.4, -0.2) is 71.1 Å². The predicted molar refractivity (Wildman–Crippen MR) is 134 cm³/mol. The van der Waals surface area contributed by atoms with E-state index in [1.165, 1.54) is 5.56 Å². The van der Waals surface area contributed by atoms with Crippen molar-refractivity contribution >= 4 is 16.9 Å². The first-order chi connectivity index (χ1) is 16.6.